The Morgan fingerprint density at radius 2 is 2.00 bits per heavy atom. The lowest BCUT2D eigenvalue weighted by molar-refractivity contribution is 0.199. The fraction of sp³-hybridized carbons (Fsp3) is 0.250. The van der Waals surface area contributed by atoms with Gasteiger partial charge in [0.15, 0.2) is 11.6 Å². The highest BCUT2D eigenvalue weighted by atomic mass is 19.2. The maximum atomic E-state index is 13.7. The van der Waals surface area contributed by atoms with Gasteiger partial charge in [0.1, 0.15) is 11.9 Å². The van der Waals surface area contributed by atoms with Gasteiger partial charge in [-0.25, -0.2) is 13.8 Å². The molecule has 17 heavy (non-hydrogen) atoms. The number of aryl methyl sites for hydroxylation is 2. The van der Waals surface area contributed by atoms with Crippen LogP contribution in [0.5, 0.6) is 0 Å². The van der Waals surface area contributed by atoms with E-state index in [9.17, 15) is 13.9 Å². The van der Waals surface area contributed by atoms with Gasteiger partial charge < -0.3 is 9.67 Å². The lowest BCUT2D eigenvalue weighted by atomic mass is 10.1. The average molecular weight is 238 g/mol. The van der Waals surface area contributed by atoms with Crippen LogP contribution < -0.4 is 0 Å². The molecule has 2 rings (SSSR count). The van der Waals surface area contributed by atoms with Crippen LogP contribution in [0, 0.1) is 18.6 Å². The van der Waals surface area contributed by atoms with E-state index in [0.717, 1.165) is 0 Å². The highest BCUT2D eigenvalue weighted by Gasteiger charge is 2.21. The molecule has 0 saturated carbocycles. The number of aromatic nitrogens is 2. The third-order valence-corrected chi connectivity index (χ3v) is 2.70. The number of rotatable bonds is 2. The van der Waals surface area contributed by atoms with E-state index >= 15 is 0 Å². The summed E-state index contributed by atoms with van der Waals surface area (Å²) in [5.41, 5.74) is 0.0979. The van der Waals surface area contributed by atoms with Crippen molar-refractivity contribution >= 4 is 0 Å². The molecule has 0 saturated heterocycles. The number of hydrogen-bond donors (Lipinski definition) is 1. The van der Waals surface area contributed by atoms with E-state index in [1.807, 2.05) is 0 Å². The molecule has 0 aliphatic heterocycles. The van der Waals surface area contributed by atoms with Gasteiger partial charge >= 0.3 is 0 Å². The molecule has 5 heteroatoms. The molecule has 2 aromatic rings. The van der Waals surface area contributed by atoms with Crippen LogP contribution in [0.4, 0.5) is 8.78 Å². The van der Waals surface area contributed by atoms with Gasteiger partial charge in [0.05, 0.1) is 0 Å². The van der Waals surface area contributed by atoms with Crippen LogP contribution in [-0.2, 0) is 7.05 Å². The van der Waals surface area contributed by atoms with Crippen molar-refractivity contribution in [3.05, 3.63) is 53.1 Å². The minimum Gasteiger partial charge on any atom is -0.380 e. The second kappa shape index (κ2) is 4.25. The second-order valence-electron chi connectivity index (χ2n) is 3.90. The molecule has 0 spiro atoms. The summed E-state index contributed by atoms with van der Waals surface area (Å²) in [5.74, 6) is -1.69. The summed E-state index contributed by atoms with van der Waals surface area (Å²) in [4.78, 5) is 3.91. The van der Waals surface area contributed by atoms with E-state index in [2.05, 4.69) is 4.98 Å². The fourth-order valence-electron chi connectivity index (χ4n) is 1.65. The van der Waals surface area contributed by atoms with Crippen LogP contribution in [0.1, 0.15) is 23.1 Å². The maximum Gasteiger partial charge on any atom is 0.165 e. The first-order chi connectivity index (χ1) is 8.02. The Hall–Kier alpha value is -1.75. The van der Waals surface area contributed by atoms with Gasteiger partial charge in [0, 0.05) is 25.0 Å². The van der Waals surface area contributed by atoms with E-state index in [4.69, 9.17) is 0 Å². The van der Waals surface area contributed by atoms with Crippen molar-refractivity contribution in [3.8, 4) is 0 Å². The molecule has 1 atom stereocenters. The monoisotopic (exact) mass is 238 g/mol. The predicted molar refractivity (Wildman–Crippen MR) is 58.4 cm³/mol. The van der Waals surface area contributed by atoms with Gasteiger partial charge in [-0.3, -0.25) is 0 Å². The van der Waals surface area contributed by atoms with Crippen molar-refractivity contribution in [3.63, 3.8) is 0 Å². The second-order valence-corrected chi connectivity index (χ2v) is 3.90. The summed E-state index contributed by atoms with van der Waals surface area (Å²) < 4.78 is 28.6. The number of benzene rings is 1. The number of aliphatic hydroxyl groups excluding tert-OH is 1. The molecule has 1 aromatic heterocycles. The first-order valence-corrected chi connectivity index (χ1v) is 5.12. The molecular weight excluding hydrogens is 226 g/mol. The van der Waals surface area contributed by atoms with Gasteiger partial charge in [0.2, 0.25) is 0 Å². The lowest BCUT2D eigenvalue weighted by Gasteiger charge is -2.13. The minimum absolute atomic E-state index is 0.109. The molecule has 0 bridgehead atoms. The lowest BCUT2D eigenvalue weighted by Crippen LogP contribution is -2.10. The largest absolute Gasteiger partial charge is 0.380 e. The maximum absolute atomic E-state index is 13.7. The summed E-state index contributed by atoms with van der Waals surface area (Å²) in [5, 5.41) is 9.97. The number of imidazole rings is 1. The van der Waals surface area contributed by atoms with Gasteiger partial charge in [-0.15, -0.1) is 0 Å². The molecule has 1 N–H and O–H groups in total. The Bertz CT molecular complexity index is 551. The van der Waals surface area contributed by atoms with Crippen LogP contribution in [0.15, 0.2) is 24.5 Å². The van der Waals surface area contributed by atoms with Crippen molar-refractivity contribution in [1.82, 2.24) is 9.55 Å². The summed E-state index contributed by atoms with van der Waals surface area (Å²) in [6.07, 6.45) is 1.84. The van der Waals surface area contributed by atoms with Gasteiger partial charge in [-0.1, -0.05) is 12.1 Å². The first kappa shape index (κ1) is 11.7. The molecule has 3 nitrogen and oxygen atoms in total. The predicted octanol–water partition coefficient (Wildman–Crippen LogP) is 2.09. The molecular formula is C12H12F2N2O. The summed E-state index contributed by atoms with van der Waals surface area (Å²) in [6, 6.07) is 2.80. The summed E-state index contributed by atoms with van der Waals surface area (Å²) in [7, 11) is 1.67. The Balaban J connectivity index is 2.48. The van der Waals surface area contributed by atoms with Crippen LogP contribution in [0.25, 0.3) is 0 Å². The standard InChI is InChI=1S/C12H12F2N2O/c1-7-3-4-8(10(14)9(7)13)11(17)12-15-5-6-16(12)2/h3-6,11,17H,1-2H3. The van der Waals surface area contributed by atoms with Gasteiger partial charge in [0.25, 0.3) is 0 Å². The van der Waals surface area contributed by atoms with Crippen LogP contribution in [0.2, 0.25) is 0 Å². The highest BCUT2D eigenvalue weighted by Crippen LogP contribution is 2.25. The van der Waals surface area contributed by atoms with E-state index < -0.39 is 17.7 Å². The van der Waals surface area contributed by atoms with E-state index in [1.54, 1.807) is 17.8 Å². The molecule has 90 valence electrons. The first-order valence-electron chi connectivity index (χ1n) is 5.12. The number of nitrogens with zero attached hydrogens (tertiary/aromatic N) is 2. The molecule has 0 fully saturated rings. The van der Waals surface area contributed by atoms with Crippen LogP contribution >= 0.6 is 0 Å². The van der Waals surface area contributed by atoms with Gasteiger partial charge in [-0.2, -0.15) is 0 Å². The van der Waals surface area contributed by atoms with Gasteiger partial charge in [-0.05, 0) is 12.5 Å². The van der Waals surface area contributed by atoms with E-state index in [1.165, 1.54) is 25.3 Å². The molecule has 0 aliphatic rings. The number of aliphatic hydroxyl groups is 1. The van der Waals surface area contributed by atoms with Crippen LogP contribution in [0.3, 0.4) is 0 Å². The van der Waals surface area contributed by atoms with Crippen molar-refractivity contribution in [2.75, 3.05) is 0 Å². The smallest absolute Gasteiger partial charge is 0.165 e. The summed E-state index contributed by atoms with van der Waals surface area (Å²) >= 11 is 0. The summed E-state index contributed by atoms with van der Waals surface area (Å²) in [6.45, 7) is 1.47. The Morgan fingerprint density at radius 1 is 1.29 bits per heavy atom. The topological polar surface area (TPSA) is 38.1 Å². The Labute approximate surface area is 97.3 Å². The normalized spacial score (nSPS) is 12.8. The van der Waals surface area contributed by atoms with Crippen molar-refractivity contribution in [2.45, 2.75) is 13.0 Å². The minimum atomic E-state index is -1.27. The van der Waals surface area contributed by atoms with Crippen molar-refractivity contribution in [2.24, 2.45) is 7.05 Å². The van der Waals surface area contributed by atoms with E-state index in [0.29, 0.717) is 0 Å². The van der Waals surface area contributed by atoms with Crippen molar-refractivity contribution < 1.29 is 13.9 Å². The molecule has 1 unspecified atom stereocenters. The zero-order valence-corrected chi connectivity index (χ0v) is 9.48. The fourth-order valence-corrected chi connectivity index (χ4v) is 1.65. The molecule has 1 heterocycles. The number of halogens is 2. The van der Waals surface area contributed by atoms with Crippen molar-refractivity contribution in [1.29, 1.82) is 0 Å². The zero-order chi connectivity index (χ0) is 12.6. The Morgan fingerprint density at radius 3 is 2.59 bits per heavy atom. The van der Waals surface area contributed by atoms with Crippen LogP contribution in [-0.4, -0.2) is 14.7 Å². The number of hydrogen-bond acceptors (Lipinski definition) is 2. The van der Waals surface area contributed by atoms with E-state index in [-0.39, 0.29) is 17.0 Å². The highest BCUT2D eigenvalue weighted by molar-refractivity contribution is 5.30. The zero-order valence-electron chi connectivity index (χ0n) is 9.48. The average Bonchev–Trinajstić information content (AvgIpc) is 2.72. The molecule has 0 aliphatic carbocycles. The molecule has 0 radical (unpaired) electrons. The quantitative estimate of drug-likeness (QED) is 0.870. The SMILES string of the molecule is Cc1ccc(C(O)c2nccn2C)c(F)c1F. The molecule has 1 aromatic carbocycles. The molecule has 0 amide bonds. The third kappa shape index (κ3) is 1.93. The third-order valence-electron chi connectivity index (χ3n) is 2.70. The Kier molecular flexibility index (Phi) is 2.93.